The number of hydrogen-bond donors (Lipinski definition) is 1. The van der Waals surface area contributed by atoms with Crippen molar-refractivity contribution in [3.05, 3.63) is 60.2 Å². The van der Waals surface area contributed by atoms with Crippen molar-refractivity contribution in [1.29, 1.82) is 0 Å². The lowest BCUT2D eigenvalue weighted by Gasteiger charge is -2.32. The number of benzene rings is 1. The van der Waals surface area contributed by atoms with Gasteiger partial charge in [0.1, 0.15) is 11.6 Å². The fourth-order valence-electron chi connectivity index (χ4n) is 5.82. The summed E-state index contributed by atoms with van der Waals surface area (Å²) in [6.07, 6.45) is 9.86. The maximum atomic E-state index is 13.5. The summed E-state index contributed by atoms with van der Waals surface area (Å²) in [5, 5.41) is 3.20. The van der Waals surface area contributed by atoms with E-state index in [0.717, 1.165) is 31.2 Å². The lowest BCUT2D eigenvalue weighted by atomic mass is 9.72. The lowest BCUT2D eigenvalue weighted by Crippen LogP contribution is -2.56. The molecule has 5 rings (SSSR count). The van der Waals surface area contributed by atoms with Crippen molar-refractivity contribution in [1.82, 2.24) is 10.2 Å². The second-order valence-corrected chi connectivity index (χ2v) is 8.88. The number of aryl methyl sites for hydroxylation is 1. The summed E-state index contributed by atoms with van der Waals surface area (Å²) in [4.78, 5) is 28.6. The second kappa shape index (κ2) is 6.84. The van der Waals surface area contributed by atoms with Crippen LogP contribution in [0.25, 0.3) is 0 Å². The molecule has 4 aliphatic rings. The van der Waals surface area contributed by atoms with Crippen molar-refractivity contribution >= 4 is 11.8 Å². The molecule has 3 fully saturated rings. The number of nitrogens with zero attached hydrogens (tertiary/aromatic N) is 1. The highest BCUT2D eigenvalue weighted by atomic mass is 16.5. The van der Waals surface area contributed by atoms with Crippen LogP contribution in [0.2, 0.25) is 0 Å². The molecule has 3 aliphatic heterocycles. The molecule has 1 aliphatic carbocycles. The van der Waals surface area contributed by atoms with Crippen molar-refractivity contribution in [2.75, 3.05) is 6.54 Å². The van der Waals surface area contributed by atoms with Gasteiger partial charge in [-0.05, 0) is 25.3 Å². The van der Waals surface area contributed by atoms with Gasteiger partial charge in [0.2, 0.25) is 11.8 Å². The molecule has 152 valence electrons. The van der Waals surface area contributed by atoms with Crippen LogP contribution in [0.15, 0.2) is 49.1 Å². The van der Waals surface area contributed by atoms with Gasteiger partial charge < -0.3 is 15.0 Å². The van der Waals surface area contributed by atoms with E-state index in [1.165, 1.54) is 5.56 Å². The molecule has 1 spiro atoms. The number of likely N-dealkylation sites (tertiary alicyclic amines) is 1. The van der Waals surface area contributed by atoms with Crippen molar-refractivity contribution in [3.63, 3.8) is 0 Å². The summed E-state index contributed by atoms with van der Waals surface area (Å²) in [7, 11) is 0. The highest BCUT2D eigenvalue weighted by molar-refractivity contribution is 5.97. The van der Waals surface area contributed by atoms with Gasteiger partial charge in [-0.25, -0.2) is 0 Å². The van der Waals surface area contributed by atoms with Crippen molar-refractivity contribution in [2.24, 2.45) is 5.92 Å². The highest BCUT2D eigenvalue weighted by Crippen LogP contribution is 2.58. The van der Waals surface area contributed by atoms with Crippen LogP contribution >= 0.6 is 0 Å². The normalized spacial score (nSPS) is 35.3. The minimum atomic E-state index is -0.886. The number of ether oxygens (including phenoxy) is 1. The molecule has 1 aromatic carbocycles. The molecule has 0 aromatic heterocycles. The Morgan fingerprint density at radius 3 is 2.72 bits per heavy atom. The van der Waals surface area contributed by atoms with E-state index in [4.69, 9.17) is 4.74 Å². The van der Waals surface area contributed by atoms with E-state index in [0.29, 0.717) is 6.54 Å². The van der Waals surface area contributed by atoms with Crippen LogP contribution in [0.1, 0.15) is 42.7 Å². The third kappa shape index (κ3) is 2.71. The van der Waals surface area contributed by atoms with Crippen LogP contribution in [0.3, 0.4) is 0 Å². The number of amides is 2. The van der Waals surface area contributed by atoms with Crippen molar-refractivity contribution < 1.29 is 14.3 Å². The van der Waals surface area contributed by atoms with Crippen LogP contribution in [0.5, 0.6) is 0 Å². The number of nitrogens with one attached hydrogen (secondary N) is 1. The number of fused-ring (bicyclic) bond motifs is 1. The van der Waals surface area contributed by atoms with E-state index in [-0.39, 0.29) is 35.8 Å². The smallest absolute Gasteiger partial charge is 0.246 e. The van der Waals surface area contributed by atoms with Crippen LogP contribution in [-0.4, -0.2) is 47.0 Å². The Kier molecular flexibility index (Phi) is 4.39. The summed E-state index contributed by atoms with van der Waals surface area (Å²) >= 11 is 0. The Hall–Kier alpha value is -2.40. The minimum absolute atomic E-state index is 0.00565. The fourth-order valence-corrected chi connectivity index (χ4v) is 5.82. The molecule has 5 atom stereocenters. The summed E-state index contributed by atoms with van der Waals surface area (Å²) < 4.78 is 6.46. The average molecular weight is 392 g/mol. The molecule has 5 heteroatoms. The van der Waals surface area contributed by atoms with Gasteiger partial charge in [-0.2, -0.15) is 0 Å². The molecule has 0 radical (unpaired) electrons. The summed E-state index contributed by atoms with van der Waals surface area (Å²) in [5.41, 5.74) is 1.40. The first-order valence-corrected chi connectivity index (χ1v) is 10.7. The summed E-state index contributed by atoms with van der Waals surface area (Å²) in [6.45, 7) is 6.21. The van der Waals surface area contributed by atoms with E-state index < -0.39 is 11.6 Å². The second-order valence-electron chi connectivity index (χ2n) is 8.88. The molecule has 29 heavy (non-hydrogen) atoms. The Bertz CT molecular complexity index is 871. The number of rotatable bonds is 5. The Balaban J connectivity index is 1.52. The van der Waals surface area contributed by atoms with Gasteiger partial charge in [0.05, 0.1) is 12.0 Å². The zero-order chi connectivity index (χ0) is 20.2. The molecule has 2 saturated heterocycles. The van der Waals surface area contributed by atoms with Crippen molar-refractivity contribution in [3.8, 4) is 0 Å². The molecule has 1 N–H and O–H groups in total. The Morgan fingerprint density at radius 1 is 1.31 bits per heavy atom. The van der Waals surface area contributed by atoms with E-state index >= 15 is 0 Å². The topological polar surface area (TPSA) is 58.6 Å². The molecular formula is C24H28N2O3. The van der Waals surface area contributed by atoms with Crippen molar-refractivity contribution in [2.45, 2.75) is 62.3 Å². The van der Waals surface area contributed by atoms with Crippen LogP contribution in [0.4, 0.5) is 0 Å². The first-order chi connectivity index (χ1) is 14.0. The van der Waals surface area contributed by atoms with E-state index in [2.05, 4.69) is 43.1 Å². The lowest BCUT2D eigenvalue weighted by molar-refractivity contribution is -0.139. The molecule has 3 heterocycles. The molecule has 1 aromatic rings. The Morgan fingerprint density at radius 2 is 2.03 bits per heavy atom. The first-order valence-electron chi connectivity index (χ1n) is 10.7. The zero-order valence-electron chi connectivity index (χ0n) is 16.8. The van der Waals surface area contributed by atoms with Gasteiger partial charge in [-0.15, -0.1) is 6.58 Å². The number of carbonyl (C=O) groups is 2. The van der Waals surface area contributed by atoms with E-state index in [9.17, 15) is 9.59 Å². The predicted octanol–water partition coefficient (Wildman–Crippen LogP) is 2.86. The monoisotopic (exact) mass is 392 g/mol. The van der Waals surface area contributed by atoms with Crippen LogP contribution < -0.4 is 5.32 Å². The molecule has 1 saturated carbocycles. The largest absolute Gasteiger partial charge is 0.359 e. The maximum Gasteiger partial charge on any atom is 0.246 e. The first kappa shape index (κ1) is 18.6. The molecule has 0 unspecified atom stereocenters. The maximum absolute atomic E-state index is 13.5. The third-order valence-corrected chi connectivity index (χ3v) is 7.11. The van der Waals surface area contributed by atoms with Gasteiger partial charge in [0, 0.05) is 18.5 Å². The minimum Gasteiger partial charge on any atom is -0.359 e. The average Bonchev–Trinajstić information content (AvgIpc) is 3.46. The van der Waals surface area contributed by atoms with Gasteiger partial charge >= 0.3 is 0 Å². The van der Waals surface area contributed by atoms with Gasteiger partial charge in [-0.3, -0.25) is 9.59 Å². The zero-order valence-corrected chi connectivity index (χ0v) is 16.8. The number of carbonyl (C=O) groups excluding carboxylic acids is 2. The summed E-state index contributed by atoms with van der Waals surface area (Å²) in [6, 6.07) is 7.88. The third-order valence-electron chi connectivity index (χ3n) is 7.11. The van der Waals surface area contributed by atoms with Crippen LogP contribution in [0, 0.1) is 12.8 Å². The van der Waals surface area contributed by atoms with Gasteiger partial charge in [-0.1, -0.05) is 60.9 Å². The van der Waals surface area contributed by atoms with Gasteiger partial charge in [0.25, 0.3) is 0 Å². The molecule has 2 bridgehead atoms. The fraction of sp³-hybridized carbons (Fsp3) is 0.500. The number of hydrogen-bond acceptors (Lipinski definition) is 3. The van der Waals surface area contributed by atoms with E-state index in [1.807, 2.05) is 12.2 Å². The molecule has 5 nitrogen and oxygen atoms in total. The molecular weight excluding hydrogens is 364 g/mol. The quantitative estimate of drug-likeness (QED) is 0.784. The predicted molar refractivity (Wildman–Crippen MR) is 110 cm³/mol. The highest BCUT2D eigenvalue weighted by Gasteiger charge is 2.71. The summed E-state index contributed by atoms with van der Waals surface area (Å²) in [5.74, 6) is -0.539. The van der Waals surface area contributed by atoms with Crippen LogP contribution in [-0.2, 0) is 14.3 Å². The van der Waals surface area contributed by atoms with Gasteiger partial charge in [0.15, 0.2) is 0 Å². The standard InChI is InChI=1S/C24H28N2O3/c1-3-14-26-21(22(27)25-17-6-4-5-7-17)24-13-12-18(29-24)19(20(24)23(26)28)16-10-8-15(2)9-11-16/h3,8-13,17-21H,1,4-7,14H2,2H3,(H,25,27)/t18-,19+,20+,21-,24+/m1/s1. The van der Waals surface area contributed by atoms with E-state index in [1.54, 1.807) is 11.0 Å². The SMILES string of the molecule is C=CCN1C(=O)[C@@H]2[C@@H](c3ccc(C)cc3)[C@H]3C=C[C@@]2(O3)[C@H]1C(=O)NC1CCCC1. The Labute approximate surface area is 171 Å². The molecule has 2 amide bonds.